The second-order valence-electron chi connectivity index (χ2n) is 3.22. The Hall–Kier alpha value is -1.40. The van der Waals surface area contributed by atoms with Crippen LogP contribution in [0.5, 0.6) is 11.6 Å². The van der Waals surface area contributed by atoms with Crippen LogP contribution in [0.2, 0.25) is 5.15 Å². The van der Waals surface area contributed by atoms with Crippen molar-refractivity contribution >= 4 is 23.4 Å². The number of rotatable bonds is 3. The third kappa shape index (κ3) is 3.30. The van der Waals surface area contributed by atoms with Gasteiger partial charge in [0.2, 0.25) is 5.88 Å². The summed E-state index contributed by atoms with van der Waals surface area (Å²) in [6.45, 7) is 0. The van der Waals surface area contributed by atoms with Crippen LogP contribution in [0.15, 0.2) is 29.4 Å². The average Bonchev–Trinajstić information content (AvgIpc) is 2.26. The fourth-order valence-electron chi connectivity index (χ4n) is 1.23. The quantitative estimate of drug-likeness (QED) is 0.487. The topological polar surface area (TPSA) is 35.0 Å². The van der Waals surface area contributed by atoms with Gasteiger partial charge in [-0.3, -0.25) is 0 Å². The van der Waals surface area contributed by atoms with Gasteiger partial charge >= 0.3 is 0 Å². The van der Waals surface area contributed by atoms with E-state index in [1.165, 1.54) is 17.8 Å². The molecule has 3 nitrogen and oxygen atoms in total. The van der Waals surface area contributed by atoms with Crippen molar-refractivity contribution in [3.63, 3.8) is 0 Å². The molecule has 0 fully saturated rings. The van der Waals surface area contributed by atoms with Gasteiger partial charge in [0, 0.05) is 24.3 Å². The Bertz CT molecular complexity index is 563. The van der Waals surface area contributed by atoms with Gasteiger partial charge in [-0.05, 0) is 6.26 Å². The van der Waals surface area contributed by atoms with E-state index >= 15 is 0 Å². The molecule has 0 radical (unpaired) electrons. The number of aromatic nitrogens is 2. The molecule has 0 N–H and O–H groups in total. The molecule has 2 aromatic rings. The van der Waals surface area contributed by atoms with Gasteiger partial charge in [-0.15, -0.1) is 0 Å². The standard InChI is InChI=1S/C11H7ClF2N2OS/c1-18-11-15-9(12)5-10(16-11)17-8-3-6(13)2-7(14)4-8/h2-5H,1H3. The molecule has 0 aliphatic carbocycles. The zero-order valence-electron chi connectivity index (χ0n) is 9.15. The molecule has 1 aromatic heterocycles. The molecular weight excluding hydrogens is 282 g/mol. The van der Waals surface area contributed by atoms with Gasteiger partial charge in [-0.25, -0.2) is 13.8 Å². The first kappa shape index (κ1) is 13.0. The summed E-state index contributed by atoms with van der Waals surface area (Å²) in [5.41, 5.74) is 0. The summed E-state index contributed by atoms with van der Waals surface area (Å²) in [4.78, 5) is 7.93. The molecule has 1 aromatic carbocycles. The van der Waals surface area contributed by atoms with Gasteiger partial charge in [-0.1, -0.05) is 23.4 Å². The van der Waals surface area contributed by atoms with E-state index in [0.29, 0.717) is 5.16 Å². The van der Waals surface area contributed by atoms with Crippen molar-refractivity contribution in [2.75, 3.05) is 6.26 Å². The Morgan fingerprint density at radius 3 is 2.39 bits per heavy atom. The molecule has 18 heavy (non-hydrogen) atoms. The summed E-state index contributed by atoms with van der Waals surface area (Å²) < 4.78 is 31.2. The van der Waals surface area contributed by atoms with Gasteiger partial charge in [0.25, 0.3) is 0 Å². The summed E-state index contributed by atoms with van der Waals surface area (Å²) >= 11 is 7.04. The largest absolute Gasteiger partial charge is 0.439 e. The molecular formula is C11H7ClF2N2OS. The maximum atomic E-state index is 13.0. The highest BCUT2D eigenvalue weighted by Crippen LogP contribution is 2.25. The molecule has 0 saturated heterocycles. The molecule has 0 spiro atoms. The van der Waals surface area contributed by atoms with Crippen LogP contribution >= 0.6 is 23.4 Å². The molecule has 0 aliphatic rings. The van der Waals surface area contributed by atoms with E-state index in [4.69, 9.17) is 16.3 Å². The van der Waals surface area contributed by atoms with E-state index in [-0.39, 0.29) is 16.8 Å². The second kappa shape index (κ2) is 5.49. The predicted molar refractivity (Wildman–Crippen MR) is 65.3 cm³/mol. The van der Waals surface area contributed by atoms with Crippen LogP contribution in [0.25, 0.3) is 0 Å². The van der Waals surface area contributed by atoms with Crippen LogP contribution < -0.4 is 4.74 Å². The Kier molecular flexibility index (Phi) is 3.98. The van der Waals surface area contributed by atoms with Crippen LogP contribution in [0.3, 0.4) is 0 Å². The first-order valence-corrected chi connectivity index (χ1v) is 6.39. The number of hydrogen-bond acceptors (Lipinski definition) is 4. The molecule has 2 rings (SSSR count). The van der Waals surface area contributed by atoms with E-state index in [1.54, 1.807) is 6.26 Å². The maximum Gasteiger partial charge on any atom is 0.224 e. The SMILES string of the molecule is CSc1nc(Cl)cc(Oc2cc(F)cc(F)c2)n1. The van der Waals surface area contributed by atoms with E-state index in [0.717, 1.165) is 18.2 Å². The van der Waals surface area contributed by atoms with Crippen molar-refractivity contribution in [2.45, 2.75) is 5.16 Å². The summed E-state index contributed by atoms with van der Waals surface area (Å²) in [5, 5.41) is 0.607. The number of thioether (sulfide) groups is 1. The highest BCUT2D eigenvalue weighted by Gasteiger charge is 2.07. The number of halogens is 3. The minimum Gasteiger partial charge on any atom is -0.439 e. The molecule has 0 unspecified atom stereocenters. The van der Waals surface area contributed by atoms with Crippen molar-refractivity contribution < 1.29 is 13.5 Å². The first-order chi connectivity index (χ1) is 8.56. The third-order valence-electron chi connectivity index (χ3n) is 1.89. The van der Waals surface area contributed by atoms with Gasteiger partial charge in [0.05, 0.1) is 0 Å². The Morgan fingerprint density at radius 1 is 1.11 bits per heavy atom. The number of nitrogens with zero attached hydrogens (tertiary/aromatic N) is 2. The van der Waals surface area contributed by atoms with Crippen molar-refractivity contribution in [1.82, 2.24) is 9.97 Å². The highest BCUT2D eigenvalue weighted by molar-refractivity contribution is 7.98. The lowest BCUT2D eigenvalue weighted by Crippen LogP contribution is -1.93. The van der Waals surface area contributed by atoms with Gasteiger partial charge in [0.15, 0.2) is 5.16 Å². The fraction of sp³-hybridized carbons (Fsp3) is 0.0909. The average molecular weight is 289 g/mol. The highest BCUT2D eigenvalue weighted by atomic mass is 35.5. The van der Waals surface area contributed by atoms with Crippen LogP contribution in [-0.2, 0) is 0 Å². The molecule has 0 bridgehead atoms. The molecule has 94 valence electrons. The fourth-order valence-corrected chi connectivity index (χ4v) is 1.82. The Morgan fingerprint density at radius 2 is 1.78 bits per heavy atom. The van der Waals surface area contributed by atoms with Crippen molar-refractivity contribution in [3.8, 4) is 11.6 Å². The van der Waals surface area contributed by atoms with Crippen LogP contribution in [0, 0.1) is 11.6 Å². The molecule has 7 heteroatoms. The molecule has 0 saturated carbocycles. The summed E-state index contributed by atoms with van der Waals surface area (Å²) in [5.74, 6) is -1.32. The predicted octanol–water partition coefficient (Wildman–Crippen LogP) is 3.92. The lowest BCUT2D eigenvalue weighted by Gasteiger charge is -2.06. The van der Waals surface area contributed by atoms with E-state index in [1.807, 2.05) is 0 Å². The van der Waals surface area contributed by atoms with Crippen molar-refractivity contribution in [1.29, 1.82) is 0 Å². The lowest BCUT2D eigenvalue weighted by atomic mass is 10.3. The van der Waals surface area contributed by atoms with Crippen LogP contribution in [-0.4, -0.2) is 16.2 Å². The maximum absolute atomic E-state index is 13.0. The van der Waals surface area contributed by atoms with Gasteiger partial charge in [0.1, 0.15) is 22.5 Å². The zero-order valence-corrected chi connectivity index (χ0v) is 10.7. The summed E-state index contributed by atoms with van der Waals surface area (Å²) in [6, 6.07) is 4.23. The summed E-state index contributed by atoms with van der Waals surface area (Å²) in [7, 11) is 0. The van der Waals surface area contributed by atoms with Crippen LogP contribution in [0.4, 0.5) is 8.78 Å². The van der Waals surface area contributed by atoms with E-state index in [9.17, 15) is 8.78 Å². The van der Waals surface area contributed by atoms with Gasteiger partial charge in [-0.2, -0.15) is 4.98 Å². The number of benzene rings is 1. The molecule has 1 heterocycles. The molecule has 0 aliphatic heterocycles. The van der Waals surface area contributed by atoms with Crippen molar-refractivity contribution in [2.24, 2.45) is 0 Å². The zero-order chi connectivity index (χ0) is 13.1. The monoisotopic (exact) mass is 288 g/mol. The number of hydrogen-bond donors (Lipinski definition) is 0. The van der Waals surface area contributed by atoms with Crippen LogP contribution in [0.1, 0.15) is 0 Å². The van der Waals surface area contributed by atoms with E-state index in [2.05, 4.69) is 9.97 Å². The minimum absolute atomic E-state index is 0.00863. The third-order valence-corrected chi connectivity index (χ3v) is 2.63. The van der Waals surface area contributed by atoms with Crippen molar-refractivity contribution in [3.05, 3.63) is 41.1 Å². The second-order valence-corrected chi connectivity index (χ2v) is 4.38. The van der Waals surface area contributed by atoms with E-state index < -0.39 is 11.6 Å². The molecule has 0 amide bonds. The smallest absolute Gasteiger partial charge is 0.224 e. The van der Waals surface area contributed by atoms with Gasteiger partial charge < -0.3 is 4.74 Å². The Labute approximate surface area is 111 Å². The number of ether oxygens (including phenoxy) is 1. The first-order valence-electron chi connectivity index (χ1n) is 4.79. The summed E-state index contributed by atoms with van der Waals surface area (Å²) in [6.07, 6.45) is 1.78. The lowest BCUT2D eigenvalue weighted by molar-refractivity contribution is 0.445. The normalized spacial score (nSPS) is 10.4. The Balaban J connectivity index is 2.30. The molecule has 0 atom stereocenters. The minimum atomic E-state index is -0.727.